The SMILES string of the molecule is C#CCC12CCCC13CC3C(=O)CC2. The fourth-order valence-electron chi connectivity index (χ4n) is 4.30. The van der Waals surface area contributed by atoms with Crippen LogP contribution in [0.1, 0.15) is 44.9 Å². The van der Waals surface area contributed by atoms with Crippen LogP contribution in [-0.4, -0.2) is 5.78 Å². The van der Waals surface area contributed by atoms with Gasteiger partial charge in [-0.25, -0.2) is 0 Å². The normalized spacial score (nSPS) is 49.4. The predicted molar refractivity (Wildman–Crippen MR) is 54.5 cm³/mol. The van der Waals surface area contributed by atoms with E-state index in [9.17, 15) is 4.79 Å². The molecule has 0 saturated heterocycles. The third-order valence-electron chi connectivity index (χ3n) is 5.09. The fourth-order valence-corrected chi connectivity index (χ4v) is 4.30. The van der Waals surface area contributed by atoms with Crippen LogP contribution in [0.5, 0.6) is 0 Å². The Morgan fingerprint density at radius 1 is 1.43 bits per heavy atom. The van der Waals surface area contributed by atoms with Crippen molar-refractivity contribution in [2.45, 2.75) is 44.9 Å². The molecule has 0 aliphatic heterocycles. The highest BCUT2D eigenvalue weighted by atomic mass is 16.1. The predicted octanol–water partition coefficient (Wildman–Crippen LogP) is 2.55. The van der Waals surface area contributed by atoms with Crippen LogP contribution < -0.4 is 0 Å². The minimum Gasteiger partial charge on any atom is -0.299 e. The maximum absolute atomic E-state index is 11.7. The van der Waals surface area contributed by atoms with Crippen molar-refractivity contribution >= 4 is 5.78 Å². The van der Waals surface area contributed by atoms with Gasteiger partial charge in [0.15, 0.2) is 0 Å². The largest absolute Gasteiger partial charge is 0.299 e. The lowest BCUT2D eigenvalue weighted by molar-refractivity contribution is -0.125. The Hall–Kier alpha value is -0.770. The van der Waals surface area contributed by atoms with Gasteiger partial charge in [0.25, 0.3) is 0 Å². The molecule has 14 heavy (non-hydrogen) atoms. The van der Waals surface area contributed by atoms with Gasteiger partial charge in [0.05, 0.1) is 0 Å². The van der Waals surface area contributed by atoms with E-state index in [1.807, 2.05) is 0 Å². The van der Waals surface area contributed by atoms with Crippen molar-refractivity contribution in [3.8, 4) is 12.3 Å². The molecule has 3 atom stereocenters. The first-order chi connectivity index (χ1) is 6.74. The van der Waals surface area contributed by atoms with Gasteiger partial charge in [0.2, 0.25) is 0 Å². The van der Waals surface area contributed by atoms with E-state index in [1.54, 1.807) is 0 Å². The highest BCUT2D eigenvalue weighted by Gasteiger charge is 2.71. The number of carbonyl (C=O) groups excluding carboxylic acids is 1. The molecule has 0 bridgehead atoms. The summed E-state index contributed by atoms with van der Waals surface area (Å²) in [5.74, 6) is 3.79. The molecule has 1 spiro atoms. The fraction of sp³-hybridized carbons (Fsp3) is 0.769. The zero-order valence-corrected chi connectivity index (χ0v) is 8.51. The Labute approximate surface area is 85.3 Å². The molecule has 1 heteroatoms. The molecule has 1 nitrogen and oxygen atoms in total. The number of Topliss-reactive ketones (excluding diaryl/α,β-unsaturated/α-hetero) is 1. The molecular weight excluding hydrogens is 172 g/mol. The molecule has 3 aliphatic rings. The van der Waals surface area contributed by atoms with Gasteiger partial charge >= 0.3 is 0 Å². The van der Waals surface area contributed by atoms with Crippen LogP contribution in [0.3, 0.4) is 0 Å². The van der Waals surface area contributed by atoms with E-state index in [0.717, 1.165) is 25.7 Å². The summed E-state index contributed by atoms with van der Waals surface area (Å²) in [4.78, 5) is 11.7. The second-order valence-corrected chi connectivity index (χ2v) is 5.39. The van der Waals surface area contributed by atoms with Crippen molar-refractivity contribution in [1.29, 1.82) is 0 Å². The summed E-state index contributed by atoms with van der Waals surface area (Å²) in [7, 11) is 0. The first kappa shape index (κ1) is 8.53. The summed E-state index contributed by atoms with van der Waals surface area (Å²) >= 11 is 0. The van der Waals surface area contributed by atoms with Crippen LogP contribution in [0.15, 0.2) is 0 Å². The lowest BCUT2D eigenvalue weighted by Crippen LogP contribution is -2.34. The summed E-state index contributed by atoms with van der Waals surface area (Å²) in [5.41, 5.74) is 0.759. The van der Waals surface area contributed by atoms with Gasteiger partial charge in [-0.05, 0) is 36.5 Å². The molecule has 3 saturated carbocycles. The molecule has 0 aromatic rings. The molecule has 0 aromatic carbocycles. The molecule has 3 aliphatic carbocycles. The molecule has 3 unspecified atom stereocenters. The van der Waals surface area contributed by atoms with Crippen LogP contribution in [0, 0.1) is 29.1 Å². The summed E-state index contributed by atoms with van der Waals surface area (Å²) in [6, 6.07) is 0. The van der Waals surface area contributed by atoms with E-state index in [2.05, 4.69) is 5.92 Å². The number of terminal acetylenes is 1. The van der Waals surface area contributed by atoms with E-state index in [0.29, 0.717) is 22.5 Å². The second kappa shape index (κ2) is 2.42. The van der Waals surface area contributed by atoms with E-state index in [1.165, 1.54) is 19.3 Å². The first-order valence-corrected chi connectivity index (χ1v) is 5.70. The maximum atomic E-state index is 11.7. The number of hydrogen-bond acceptors (Lipinski definition) is 1. The monoisotopic (exact) mass is 188 g/mol. The van der Waals surface area contributed by atoms with Gasteiger partial charge < -0.3 is 0 Å². The number of ketones is 1. The van der Waals surface area contributed by atoms with Crippen LogP contribution in [0.4, 0.5) is 0 Å². The molecule has 0 aromatic heterocycles. The molecule has 0 radical (unpaired) electrons. The number of carbonyl (C=O) groups is 1. The van der Waals surface area contributed by atoms with Gasteiger partial charge in [-0.3, -0.25) is 4.79 Å². The van der Waals surface area contributed by atoms with Gasteiger partial charge in [-0.1, -0.05) is 6.42 Å². The molecular formula is C13H16O. The standard InChI is InChI=1S/C13H16O/c1-2-5-12-6-3-7-13(12)9-10(13)11(14)4-8-12/h1,10H,3-9H2. The molecule has 0 N–H and O–H groups in total. The molecule has 3 rings (SSSR count). The summed E-state index contributed by atoms with van der Waals surface area (Å²) in [5, 5.41) is 0. The minimum absolute atomic E-state index is 0.375. The van der Waals surface area contributed by atoms with Gasteiger partial charge in [-0.15, -0.1) is 12.3 Å². The quantitative estimate of drug-likeness (QED) is 0.578. The van der Waals surface area contributed by atoms with Gasteiger partial charge in [0, 0.05) is 18.8 Å². The Morgan fingerprint density at radius 2 is 2.29 bits per heavy atom. The Bertz CT molecular complexity index is 338. The lowest BCUT2D eigenvalue weighted by Gasteiger charge is -2.38. The highest BCUT2D eigenvalue weighted by molar-refractivity contribution is 5.86. The van der Waals surface area contributed by atoms with Crippen LogP contribution in [0.2, 0.25) is 0 Å². The average Bonchev–Trinajstić information content (AvgIpc) is 2.79. The lowest BCUT2D eigenvalue weighted by atomic mass is 9.65. The van der Waals surface area contributed by atoms with Crippen molar-refractivity contribution in [3.05, 3.63) is 0 Å². The Kier molecular flexibility index (Phi) is 1.48. The third-order valence-corrected chi connectivity index (χ3v) is 5.09. The van der Waals surface area contributed by atoms with Crippen molar-refractivity contribution in [2.75, 3.05) is 0 Å². The van der Waals surface area contributed by atoms with Crippen LogP contribution in [0.25, 0.3) is 0 Å². The second-order valence-electron chi connectivity index (χ2n) is 5.39. The highest BCUT2D eigenvalue weighted by Crippen LogP contribution is 2.76. The maximum Gasteiger partial charge on any atom is 0.136 e. The smallest absolute Gasteiger partial charge is 0.136 e. The van der Waals surface area contributed by atoms with Crippen molar-refractivity contribution in [1.82, 2.24) is 0 Å². The minimum atomic E-state index is 0.375. The zero-order valence-electron chi connectivity index (χ0n) is 8.51. The average molecular weight is 188 g/mol. The Balaban J connectivity index is 1.98. The van der Waals surface area contributed by atoms with E-state index in [-0.39, 0.29) is 0 Å². The molecule has 0 amide bonds. The number of rotatable bonds is 1. The van der Waals surface area contributed by atoms with Crippen molar-refractivity contribution < 1.29 is 4.79 Å². The topological polar surface area (TPSA) is 17.1 Å². The van der Waals surface area contributed by atoms with Crippen LogP contribution >= 0.6 is 0 Å². The van der Waals surface area contributed by atoms with E-state index >= 15 is 0 Å². The molecule has 0 heterocycles. The molecule has 3 fully saturated rings. The summed E-state index contributed by atoms with van der Waals surface area (Å²) in [6.07, 6.45) is 13.3. The zero-order chi connectivity index (χ0) is 9.81. The van der Waals surface area contributed by atoms with Gasteiger partial charge in [0.1, 0.15) is 5.78 Å². The number of hydrogen-bond donors (Lipinski definition) is 0. The summed E-state index contributed by atoms with van der Waals surface area (Å²) in [6.45, 7) is 0. The molecule has 74 valence electrons. The van der Waals surface area contributed by atoms with E-state index < -0.39 is 0 Å². The van der Waals surface area contributed by atoms with E-state index in [4.69, 9.17) is 6.42 Å². The first-order valence-electron chi connectivity index (χ1n) is 5.70. The third kappa shape index (κ3) is 0.764. The Morgan fingerprint density at radius 3 is 3.07 bits per heavy atom. The van der Waals surface area contributed by atoms with Crippen molar-refractivity contribution in [2.24, 2.45) is 16.7 Å². The van der Waals surface area contributed by atoms with Crippen molar-refractivity contribution in [3.63, 3.8) is 0 Å². The van der Waals surface area contributed by atoms with Crippen LogP contribution in [-0.2, 0) is 4.79 Å². The summed E-state index contributed by atoms with van der Waals surface area (Å²) < 4.78 is 0. The van der Waals surface area contributed by atoms with Gasteiger partial charge in [-0.2, -0.15) is 0 Å².